The van der Waals surface area contributed by atoms with Gasteiger partial charge in [0.1, 0.15) is 0 Å². The van der Waals surface area contributed by atoms with Crippen LogP contribution in [0.15, 0.2) is 48.5 Å². The van der Waals surface area contributed by atoms with Gasteiger partial charge in [0.2, 0.25) is 0 Å². The molecule has 2 rings (SSSR count). The molecule has 0 atom stereocenters. The number of rotatable bonds is 2. The topological polar surface area (TPSA) is 55.1 Å². The highest BCUT2D eigenvalue weighted by Crippen LogP contribution is 2.20. The number of nitrogen functional groups attached to an aromatic ring is 1. The summed E-state index contributed by atoms with van der Waals surface area (Å²) in [5.74, 6) is -0.210. The molecule has 2 aromatic rings. The lowest BCUT2D eigenvalue weighted by atomic mass is 10.2. The van der Waals surface area contributed by atoms with Gasteiger partial charge in [0.25, 0.3) is 5.91 Å². The first-order chi connectivity index (χ1) is 8.16. The Morgan fingerprint density at radius 3 is 2.47 bits per heavy atom. The van der Waals surface area contributed by atoms with E-state index in [4.69, 9.17) is 17.3 Å². The minimum atomic E-state index is -0.210. The van der Waals surface area contributed by atoms with E-state index >= 15 is 0 Å². The summed E-state index contributed by atoms with van der Waals surface area (Å²) in [6, 6.07) is 14.0. The van der Waals surface area contributed by atoms with Gasteiger partial charge in [-0.2, -0.15) is 0 Å². The van der Waals surface area contributed by atoms with Crippen molar-refractivity contribution in [2.24, 2.45) is 0 Å². The van der Waals surface area contributed by atoms with Gasteiger partial charge < -0.3 is 11.1 Å². The van der Waals surface area contributed by atoms with Crippen LogP contribution >= 0.6 is 11.6 Å². The molecule has 0 radical (unpaired) electrons. The molecule has 0 saturated carbocycles. The summed E-state index contributed by atoms with van der Waals surface area (Å²) in [6.45, 7) is 0. The molecule has 0 unspecified atom stereocenters. The summed E-state index contributed by atoms with van der Waals surface area (Å²) in [4.78, 5) is 11.9. The van der Waals surface area contributed by atoms with Crippen LogP contribution in [0.5, 0.6) is 0 Å². The van der Waals surface area contributed by atoms with E-state index in [2.05, 4.69) is 5.32 Å². The molecule has 0 bridgehead atoms. The van der Waals surface area contributed by atoms with Crippen molar-refractivity contribution >= 4 is 28.9 Å². The molecule has 0 aliphatic rings. The van der Waals surface area contributed by atoms with E-state index in [1.165, 1.54) is 0 Å². The molecule has 0 aromatic heterocycles. The van der Waals surface area contributed by atoms with Gasteiger partial charge in [-0.3, -0.25) is 4.79 Å². The molecule has 0 spiro atoms. The number of para-hydroxylation sites is 1. The van der Waals surface area contributed by atoms with Crippen molar-refractivity contribution in [1.29, 1.82) is 0 Å². The van der Waals surface area contributed by atoms with E-state index in [-0.39, 0.29) is 5.91 Å². The van der Waals surface area contributed by atoms with Crippen LogP contribution in [-0.2, 0) is 0 Å². The molecule has 2 aromatic carbocycles. The molecular formula is C13H11ClN2O. The second kappa shape index (κ2) is 4.89. The predicted octanol–water partition coefficient (Wildman–Crippen LogP) is 3.17. The smallest absolute Gasteiger partial charge is 0.255 e. The molecule has 86 valence electrons. The third-order valence-corrected chi connectivity index (χ3v) is 2.62. The fourth-order valence-electron chi connectivity index (χ4n) is 1.39. The number of halogens is 1. The van der Waals surface area contributed by atoms with Crippen molar-refractivity contribution in [3.8, 4) is 0 Å². The monoisotopic (exact) mass is 246 g/mol. The maximum atomic E-state index is 11.9. The van der Waals surface area contributed by atoms with Gasteiger partial charge in [0, 0.05) is 11.3 Å². The van der Waals surface area contributed by atoms with E-state index in [0.717, 1.165) is 5.69 Å². The van der Waals surface area contributed by atoms with Gasteiger partial charge in [-0.25, -0.2) is 0 Å². The number of nitrogens with one attached hydrogen (secondary N) is 1. The van der Waals surface area contributed by atoms with E-state index in [9.17, 15) is 4.79 Å². The Kier molecular flexibility index (Phi) is 3.30. The van der Waals surface area contributed by atoms with Gasteiger partial charge >= 0.3 is 0 Å². The number of amides is 1. The lowest BCUT2D eigenvalue weighted by molar-refractivity contribution is 0.102. The normalized spacial score (nSPS) is 9.94. The number of benzene rings is 2. The Morgan fingerprint density at radius 2 is 1.82 bits per heavy atom. The van der Waals surface area contributed by atoms with Crippen LogP contribution in [0.25, 0.3) is 0 Å². The first-order valence-electron chi connectivity index (χ1n) is 5.08. The van der Waals surface area contributed by atoms with Crippen LogP contribution in [0.1, 0.15) is 10.4 Å². The van der Waals surface area contributed by atoms with Crippen molar-refractivity contribution in [2.45, 2.75) is 0 Å². The quantitative estimate of drug-likeness (QED) is 0.800. The second-order valence-electron chi connectivity index (χ2n) is 3.56. The Labute approximate surface area is 104 Å². The summed E-state index contributed by atoms with van der Waals surface area (Å²) >= 11 is 5.86. The van der Waals surface area contributed by atoms with E-state index in [1.54, 1.807) is 18.2 Å². The minimum Gasteiger partial charge on any atom is -0.398 e. The molecule has 0 heterocycles. The van der Waals surface area contributed by atoms with Gasteiger partial charge in [0.15, 0.2) is 0 Å². The second-order valence-corrected chi connectivity index (χ2v) is 3.96. The average molecular weight is 247 g/mol. The maximum absolute atomic E-state index is 11.9. The number of anilines is 2. The Balaban J connectivity index is 2.18. The molecule has 3 N–H and O–H groups in total. The zero-order chi connectivity index (χ0) is 12.3. The Bertz CT molecular complexity index is 540. The van der Waals surface area contributed by atoms with Gasteiger partial charge in [0.05, 0.1) is 10.7 Å². The van der Waals surface area contributed by atoms with Crippen LogP contribution < -0.4 is 11.1 Å². The first kappa shape index (κ1) is 11.5. The molecule has 1 amide bonds. The number of carbonyl (C=O) groups is 1. The lowest BCUT2D eigenvalue weighted by Gasteiger charge is -2.06. The van der Waals surface area contributed by atoms with Crippen molar-refractivity contribution in [3.63, 3.8) is 0 Å². The van der Waals surface area contributed by atoms with Gasteiger partial charge in [-0.05, 0) is 30.3 Å². The number of nitrogens with two attached hydrogens (primary N) is 1. The molecular weight excluding hydrogens is 236 g/mol. The van der Waals surface area contributed by atoms with E-state index in [1.807, 2.05) is 30.3 Å². The van der Waals surface area contributed by atoms with E-state index < -0.39 is 0 Å². The highest BCUT2D eigenvalue weighted by atomic mass is 35.5. The fraction of sp³-hybridized carbons (Fsp3) is 0. The van der Waals surface area contributed by atoms with Gasteiger partial charge in [-0.1, -0.05) is 29.8 Å². The summed E-state index contributed by atoms with van der Waals surface area (Å²) < 4.78 is 0. The van der Waals surface area contributed by atoms with Crippen molar-refractivity contribution in [2.75, 3.05) is 11.1 Å². The SMILES string of the molecule is Nc1ccc(C(=O)Nc2ccccc2)cc1Cl. The highest BCUT2D eigenvalue weighted by molar-refractivity contribution is 6.33. The largest absolute Gasteiger partial charge is 0.398 e. The summed E-state index contributed by atoms with van der Waals surface area (Å²) in [6.07, 6.45) is 0. The molecule has 0 aliphatic heterocycles. The van der Waals surface area contributed by atoms with E-state index in [0.29, 0.717) is 16.3 Å². The fourth-order valence-corrected chi connectivity index (χ4v) is 1.57. The van der Waals surface area contributed by atoms with Crippen LogP contribution in [0.2, 0.25) is 5.02 Å². The highest BCUT2D eigenvalue weighted by Gasteiger charge is 2.07. The first-order valence-corrected chi connectivity index (χ1v) is 5.46. The van der Waals surface area contributed by atoms with Crippen LogP contribution in [0, 0.1) is 0 Å². The Morgan fingerprint density at radius 1 is 1.12 bits per heavy atom. The summed E-state index contributed by atoms with van der Waals surface area (Å²) in [5.41, 5.74) is 7.26. The van der Waals surface area contributed by atoms with Crippen molar-refractivity contribution in [1.82, 2.24) is 0 Å². The number of carbonyl (C=O) groups excluding carboxylic acids is 1. The molecule has 0 fully saturated rings. The molecule has 17 heavy (non-hydrogen) atoms. The molecule has 0 aliphatic carbocycles. The lowest BCUT2D eigenvalue weighted by Crippen LogP contribution is -2.11. The van der Waals surface area contributed by atoms with Crippen LogP contribution in [0.3, 0.4) is 0 Å². The third kappa shape index (κ3) is 2.77. The Hall–Kier alpha value is -2.00. The maximum Gasteiger partial charge on any atom is 0.255 e. The standard InChI is InChI=1S/C13H11ClN2O/c14-11-8-9(6-7-12(11)15)13(17)16-10-4-2-1-3-5-10/h1-8H,15H2,(H,16,17). The van der Waals surface area contributed by atoms with Crippen LogP contribution in [-0.4, -0.2) is 5.91 Å². The van der Waals surface area contributed by atoms with Crippen LogP contribution in [0.4, 0.5) is 11.4 Å². The number of hydrogen-bond acceptors (Lipinski definition) is 2. The zero-order valence-electron chi connectivity index (χ0n) is 8.98. The molecule has 0 saturated heterocycles. The molecule has 3 nitrogen and oxygen atoms in total. The predicted molar refractivity (Wildman–Crippen MR) is 70.3 cm³/mol. The minimum absolute atomic E-state index is 0.210. The molecule has 4 heteroatoms. The summed E-state index contributed by atoms with van der Waals surface area (Å²) in [5, 5.41) is 3.15. The average Bonchev–Trinajstić information content (AvgIpc) is 2.34. The third-order valence-electron chi connectivity index (χ3n) is 2.29. The number of hydrogen-bond donors (Lipinski definition) is 2. The van der Waals surface area contributed by atoms with Crippen molar-refractivity contribution < 1.29 is 4.79 Å². The van der Waals surface area contributed by atoms with Gasteiger partial charge in [-0.15, -0.1) is 0 Å². The summed E-state index contributed by atoms with van der Waals surface area (Å²) in [7, 11) is 0. The zero-order valence-corrected chi connectivity index (χ0v) is 9.74. The van der Waals surface area contributed by atoms with Crippen molar-refractivity contribution in [3.05, 3.63) is 59.1 Å².